The lowest BCUT2D eigenvalue weighted by Crippen LogP contribution is -2.66. The van der Waals surface area contributed by atoms with Gasteiger partial charge in [-0.15, -0.1) is 0 Å². The summed E-state index contributed by atoms with van der Waals surface area (Å²) in [5.74, 6) is 1.09. The fraction of sp³-hybridized carbons (Fsp3) is 0.875. The van der Waals surface area contributed by atoms with Crippen molar-refractivity contribution in [2.75, 3.05) is 0 Å². The van der Waals surface area contributed by atoms with Crippen LogP contribution < -0.4 is 5.32 Å². The number of amides is 2. The quantitative estimate of drug-likeness (QED) is 0.812. The van der Waals surface area contributed by atoms with E-state index < -0.39 is 0 Å². The molecule has 0 aromatic carbocycles. The number of hydrogen-bond donors (Lipinski definition) is 1. The topological polar surface area (TPSA) is 49.4 Å². The largest absolute Gasteiger partial charge is 0.342 e. The Kier molecular flexibility index (Phi) is 4.71. The van der Waals surface area contributed by atoms with Crippen LogP contribution in [0.5, 0.6) is 0 Å². The molecule has 1 aliphatic heterocycles. The van der Waals surface area contributed by atoms with Gasteiger partial charge in [0.25, 0.3) is 0 Å². The predicted octanol–water partition coefficient (Wildman–Crippen LogP) is 2.33. The number of rotatable bonds is 6. The Hall–Kier alpha value is -1.06. The number of nitrogens with one attached hydrogen (secondary N) is 1. The van der Waals surface area contributed by atoms with E-state index in [1.165, 1.54) is 12.8 Å². The molecule has 2 aliphatic rings. The Morgan fingerprint density at radius 1 is 1.25 bits per heavy atom. The van der Waals surface area contributed by atoms with E-state index in [0.29, 0.717) is 0 Å². The molecule has 4 atom stereocenters. The van der Waals surface area contributed by atoms with Gasteiger partial charge < -0.3 is 10.2 Å². The molecule has 1 aliphatic carbocycles. The highest BCUT2D eigenvalue weighted by atomic mass is 16.2. The van der Waals surface area contributed by atoms with Crippen LogP contribution in [0.1, 0.15) is 59.8 Å². The van der Waals surface area contributed by atoms with E-state index in [1.54, 1.807) is 0 Å². The maximum atomic E-state index is 12.8. The first-order valence-corrected chi connectivity index (χ1v) is 8.12. The Morgan fingerprint density at radius 2 is 1.90 bits per heavy atom. The summed E-state index contributed by atoms with van der Waals surface area (Å²) in [5.41, 5.74) is 0. The van der Waals surface area contributed by atoms with Crippen LogP contribution in [0, 0.1) is 11.8 Å². The summed E-state index contributed by atoms with van der Waals surface area (Å²) in [4.78, 5) is 26.9. The maximum Gasteiger partial charge on any atom is 0.246 e. The highest BCUT2D eigenvalue weighted by Crippen LogP contribution is 2.36. The molecular weight excluding hydrogens is 252 g/mol. The summed E-state index contributed by atoms with van der Waals surface area (Å²) in [5, 5.41) is 2.91. The molecule has 4 nitrogen and oxygen atoms in total. The average molecular weight is 280 g/mol. The summed E-state index contributed by atoms with van der Waals surface area (Å²) in [6.45, 7) is 8.08. The van der Waals surface area contributed by atoms with Crippen molar-refractivity contribution < 1.29 is 9.59 Å². The van der Waals surface area contributed by atoms with Crippen molar-refractivity contribution in [1.82, 2.24) is 10.2 Å². The van der Waals surface area contributed by atoms with Gasteiger partial charge in [-0.1, -0.05) is 40.0 Å². The number of piperazine rings is 1. The summed E-state index contributed by atoms with van der Waals surface area (Å²) in [7, 11) is 0. The SMILES string of the molecule is CCC(C)C1NC(=O)C(C)N(C(CC)CC2CC2)C1=O. The molecular formula is C16H28N2O2. The van der Waals surface area contributed by atoms with E-state index in [2.05, 4.69) is 19.2 Å². The molecule has 1 heterocycles. The van der Waals surface area contributed by atoms with Crippen LogP contribution in [0.25, 0.3) is 0 Å². The number of nitrogens with zero attached hydrogens (tertiary/aromatic N) is 1. The third kappa shape index (κ3) is 2.99. The summed E-state index contributed by atoms with van der Waals surface area (Å²) < 4.78 is 0. The highest BCUT2D eigenvalue weighted by molar-refractivity contribution is 5.97. The first-order chi connectivity index (χ1) is 9.49. The zero-order valence-corrected chi connectivity index (χ0v) is 13.2. The van der Waals surface area contributed by atoms with Crippen molar-refractivity contribution in [2.24, 2.45) is 11.8 Å². The van der Waals surface area contributed by atoms with Crippen LogP contribution in [0.3, 0.4) is 0 Å². The molecule has 4 heteroatoms. The molecule has 20 heavy (non-hydrogen) atoms. The molecule has 0 aromatic rings. The second-order valence-corrected chi connectivity index (χ2v) is 6.53. The number of hydrogen-bond acceptors (Lipinski definition) is 2. The zero-order valence-electron chi connectivity index (χ0n) is 13.2. The van der Waals surface area contributed by atoms with Gasteiger partial charge in [-0.05, 0) is 31.6 Å². The van der Waals surface area contributed by atoms with Crippen LogP contribution in [0.4, 0.5) is 0 Å². The Labute approximate surface area is 122 Å². The van der Waals surface area contributed by atoms with Gasteiger partial charge in [0, 0.05) is 6.04 Å². The maximum absolute atomic E-state index is 12.8. The van der Waals surface area contributed by atoms with Crippen molar-refractivity contribution >= 4 is 11.8 Å². The lowest BCUT2D eigenvalue weighted by molar-refractivity contribution is -0.153. The van der Waals surface area contributed by atoms with Gasteiger partial charge in [0.2, 0.25) is 11.8 Å². The molecule has 2 rings (SSSR count). The third-order valence-corrected chi connectivity index (χ3v) is 4.99. The Balaban J connectivity index is 2.17. The number of carbonyl (C=O) groups is 2. The van der Waals surface area contributed by atoms with Crippen molar-refractivity contribution in [3.63, 3.8) is 0 Å². The van der Waals surface area contributed by atoms with Crippen LogP contribution >= 0.6 is 0 Å². The van der Waals surface area contributed by atoms with Crippen LogP contribution in [0.15, 0.2) is 0 Å². The summed E-state index contributed by atoms with van der Waals surface area (Å²) in [6, 6.07) is -0.439. The molecule has 1 N–H and O–H groups in total. The smallest absolute Gasteiger partial charge is 0.246 e. The Bertz CT molecular complexity index is 379. The monoisotopic (exact) mass is 280 g/mol. The van der Waals surface area contributed by atoms with E-state index in [4.69, 9.17) is 0 Å². The molecule has 0 bridgehead atoms. The van der Waals surface area contributed by atoms with E-state index in [9.17, 15) is 9.59 Å². The van der Waals surface area contributed by atoms with E-state index in [-0.39, 0.29) is 35.9 Å². The van der Waals surface area contributed by atoms with Gasteiger partial charge in [-0.3, -0.25) is 9.59 Å². The normalized spacial score (nSPS) is 30.1. The Morgan fingerprint density at radius 3 is 2.40 bits per heavy atom. The minimum atomic E-state index is -0.336. The molecule has 0 radical (unpaired) electrons. The lowest BCUT2D eigenvalue weighted by Gasteiger charge is -2.43. The van der Waals surface area contributed by atoms with E-state index in [0.717, 1.165) is 25.2 Å². The van der Waals surface area contributed by atoms with Gasteiger partial charge in [0.05, 0.1) is 0 Å². The molecule has 0 aromatic heterocycles. The summed E-state index contributed by atoms with van der Waals surface area (Å²) in [6.07, 6.45) is 5.47. The second kappa shape index (κ2) is 6.15. The standard InChI is InChI=1S/C16H28N2O2/c1-5-10(3)14-16(20)18(11(4)15(19)17-14)13(6-2)9-12-7-8-12/h10-14H,5-9H2,1-4H3,(H,17,19). The summed E-state index contributed by atoms with van der Waals surface area (Å²) >= 11 is 0. The van der Waals surface area contributed by atoms with Crippen LogP contribution in [-0.2, 0) is 9.59 Å². The van der Waals surface area contributed by atoms with Crippen LogP contribution in [0.2, 0.25) is 0 Å². The van der Waals surface area contributed by atoms with Crippen molar-refractivity contribution in [3.8, 4) is 0 Å². The molecule has 2 fully saturated rings. The van der Waals surface area contributed by atoms with Gasteiger partial charge in [0.1, 0.15) is 12.1 Å². The van der Waals surface area contributed by atoms with Crippen molar-refractivity contribution in [1.29, 1.82) is 0 Å². The predicted molar refractivity (Wildman–Crippen MR) is 79.1 cm³/mol. The number of carbonyl (C=O) groups excluding carboxylic acids is 2. The molecule has 0 spiro atoms. The minimum absolute atomic E-state index is 0.00384. The van der Waals surface area contributed by atoms with Gasteiger partial charge >= 0.3 is 0 Å². The fourth-order valence-electron chi connectivity index (χ4n) is 3.15. The molecule has 1 saturated carbocycles. The average Bonchev–Trinajstić information content (AvgIpc) is 3.24. The third-order valence-electron chi connectivity index (χ3n) is 4.99. The van der Waals surface area contributed by atoms with E-state index in [1.807, 2.05) is 18.7 Å². The second-order valence-electron chi connectivity index (χ2n) is 6.53. The fourth-order valence-corrected chi connectivity index (χ4v) is 3.15. The lowest BCUT2D eigenvalue weighted by atomic mass is 9.92. The van der Waals surface area contributed by atoms with Gasteiger partial charge in [0.15, 0.2) is 0 Å². The molecule has 4 unspecified atom stereocenters. The minimum Gasteiger partial charge on any atom is -0.342 e. The van der Waals surface area contributed by atoms with Gasteiger partial charge in [-0.2, -0.15) is 0 Å². The van der Waals surface area contributed by atoms with Gasteiger partial charge in [-0.25, -0.2) is 0 Å². The zero-order chi connectivity index (χ0) is 14.9. The first-order valence-electron chi connectivity index (χ1n) is 8.12. The van der Waals surface area contributed by atoms with Crippen molar-refractivity contribution in [2.45, 2.75) is 77.9 Å². The van der Waals surface area contributed by atoms with E-state index >= 15 is 0 Å². The molecule has 114 valence electrons. The molecule has 1 saturated heterocycles. The first kappa shape index (κ1) is 15.3. The molecule has 2 amide bonds. The highest BCUT2D eigenvalue weighted by Gasteiger charge is 2.43. The van der Waals surface area contributed by atoms with Crippen LogP contribution in [-0.4, -0.2) is 34.8 Å². The van der Waals surface area contributed by atoms with Crippen molar-refractivity contribution in [3.05, 3.63) is 0 Å².